The molecule has 138 valence electrons. The normalized spacial score (nSPS) is 23.5. The second-order valence-electron chi connectivity index (χ2n) is 7.86. The highest BCUT2D eigenvalue weighted by Crippen LogP contribution is 2.41. The SMILES string of the molecule is COCC1(C(=O)NCC2CCCCN(Cc3ccccc3)C2)CCC1. The van der Waals surface area contributed by atoms with Gasteiger partial charge in [0.15, 0.2) is 0 Å². The van der Waals surface area contributed by atoms with Gasteiger partial charge in [-0.05, 0) is 43.7 Å². The van der Waals surface area contributed by atoms with E-state index in [2.05, 4.69) is 40.5 Å². The molecule has 1 unspecified atom stereocenters. The lowest BCUT2D eigenvalue weighted by molar-refractivity contribution is -0.140. The van der Waals surface area contributed by atoms with Crippen LogP contribution in [0.3, 0.4) is 0 Å². The lowest BCUT2D eigenvalue weighted by Gasteiger charge is -2.39. The van der Waals surface area contributed by atoms with Crippen LogP contribution in [0.4, 0.5) is 0 Å². The summed E-state index contributed by atoms with van der Waals surface area (Å²) in [5, 5.41) is 3.25. The van der Waals surface area contributed by atoms with Crippen LogP contribution in [0.1, 0.15) is 44.1 Å². The molecule has 1 saturated carbocycles. The predicted molar refractivity (Wildman–Crippen MR) is 100 cm³/mol. The van der Waals surface area contributed by atoms with Crippen LogP contribution in [0.25, 0.3) is 0 Å². The van der Waals surface area contributed by atoms with Crippen molar-refractivity contribution < 1.29 is 9.53 Å². The van der Waals surface area contributed by atoms with Gasteiger partial charge in [0.2, 0.25) is 5.91 Å². The zero-order valence-electron chi connectivity index (χ0n) is 15.5. The van der Waals surface area contributed by atoms with Gasteiger partial charge in [-0.15, -0.1) is 0 Å². The van der Waals surface area contributed by atoms with Crippen molar-refractivity contribution in [3.8, 4) is 0 Å². The van der Waals surface area contributed by atoms with Crippen LogP contribution >= 0.6 is 0 Å². The van der Waals surface area contributed by atoms with Gasteiger partial charge in [0.05, 0.1) is 12.0 Å². The van der Waals surface area contributed by atoms with E-state index in [4.69, 9.17) is 4.74 Å². The van der Waals surface area contributed by atoms with E-state index in [-0.39, 0.29) is 11.3 Å². The summed E-state index contributed by atoms with van der Waals surface area (Å²) in [6.07, 6.45) is 6.81. The number of nitrogens with zero attached hydrogens (tertiary/aromatic N) is 1. The van der Waals surface area contributed by atoms with E-state index < -0.39 is 0 Å². The number of carbonyl (C=O) groups is 1. The molecule has 0 spiro atoms. The third kappa shape index (κ3) is 4.83. The molecule has 1 atom stereocenters. The van der Waals surface area contributed by atoms with E-state index in [9.17, 15) is 4.79 Å². The number of benzene rings is 1. The Bertz CT molecular complexity index is 542. The molecule has 2 fully saturated rings. The maximum absolute atomic E-state index is 12.6. The standard InChI is InChI=1S/C21H32N2O2/c1-25-17-21(11-7-12-21)20(24)22-14-19-10-5-6-13-23(16-19)15-18-8-3-2-4-9-18/h2-4,8-9,19H,5-7,10-17H2,1H3,(H,22,24). The number of hydrogen-bond donors (Lipinski definition) is 1. The zero-order valence-corrected chi connectivity index (χ0v) is 15.5. The summed E-state index contributed by atoms with van der Waals surface area (Å²) in [6.45, 7) is 4.61. The smallest absolute Gasteiger partial charge is 0.228 e. The minimum absolute atomic E-state index is 0.208. The van der Waals surface area contributed by atoms with Crippen molar-refractivity contribution >= 4 is 5.91 Å². The van der Waals surface area contributed by atoms with Gasteiger partial charge in [-0.2, -0.15) is 0 Å². The highest BCUT2D eigenvalue weighted by molar-refractivity contribution is 5.83. The minimum atomic E-state index is -0.247. The predicted octanol–water partition coefficient (Wildman–Crippen LogP) is 3.22. The molecule has 25 heavy (non-hydrogen) atoms. The van der Waals surface area contributed by atoms with Crippen molar-refractivity contribution in [1.82, 2.24) is 10.2 Å². The number of likely N-dealkylation sites (tertiary alicyclic amines) is 1. The molecule has 1 aromatic carbocycles. The quantitative estimate of drug-likeness (QED) is 0.826. The lowest BCUT2D eigenvalue weighted by atomic mass is 9.68. The van der Waals surface area contributed by atoms with Gasteiger partial charge in [-0.25, -0.2) is 0 Å². The first-order chi connectivity index (χ1) is 12.2. The molecule has 1 aliphatic carbocycles. The number of methoxy groups -OCH3 is 1. The monoisotopic (exact) mass is 344 g/mol. The Morgan fingerprint density at radius 2 is 2.04 bits per heavy atom. The Kier molecular flexibility index (Phi) is 6.49. The zero-order chi connectivity index (χ0) is 17.5. The molecule has 4 nitrogen and oxygen atoms in total. The fourth-order valence-electron chi connectivity index (χ4n) is 4.21. The molecular formula is C21H32N2O2. The molecule has 1 aromatic rings. The summed E-state index contributed by atoms with van der Waals surface area (Å²) in [6, 6.07) is 10.7. The molecule has 1 N–H and O–H groups in total. The summed E-state index contributed by atoms with van der Waals surface area (Å²) in [5.41, 5.74) is 1.13. The molecule has 1 saturated heterocycles. The topological polar surface area (TPSA) is 41.6 Å². The number of carbonyl (C=O) groups excluding carboxylic acids is 1. The fourth-order valence-corrected chi connectivity index (χ4v) is 4.21. The molecule has 1 amide bonds. The summed E-state index contributed by atoms with van der Waals surface area (Å²) in [5.74, 6) is 0.759. The van der Waals surface area contributed by atoms with E-state index in [1.54, 1.807) is 7.11 Å². The summed E-state index contributed by atoms with van der Waals surface area (Å²) < 4.78 is 5.30. The average molecular weight is 344 g/mol. The van der Waals surface area contributed by atoms with E-state index in [0.29, 0.717) is 12.5 Å². The molecule has 2 aliphatic rings. The molecule has 1 heterocycles. The van der Waals surface area contributed by atoms with E-state index >= 15 is 0 Å². The fraction of sp³-hybridized carbons (Fsp3) is 0.667. The van der Waals surface area contributed by atoms with Crippen molar-refractivity contribution in [2.75, 3.05) is 33.4 Å². The Hall–Kier alpha value is -1.39. The largest absolute Gasteiger partial charge is 0.384 e. The van der Waals surface area contributed by atoms with Crippen molar-refractivity contribution in [2.45, 2.75) is 45.1 Å². The van der Waals surface area contributed by atoms with Crippen LogP contribution < -0.4 is 5.32 Å². The second-order valence-corrected chi connectivity index (χ2v) is 7.86. The third-order valence-corrected chi connectivity index (χ3v) is 5.87. The van der Waals surface area contributed by atoms with Gasteiger partial charge in [-0.1, -0.05) is 43.2 Å². The molecule has 0 radical (unpaired) electrons. The van der Waals surface area contributed by atoms with Gasteiger partial charge < -0.3 is 10.1 Å². The van der Waals surface area contributed by atoms with Gasteiger partial charge in [0.25, 0.3) is 0 Å². The number of amides is 1. The molecule has 3 rings (SSSR count). The molecule has 0 bridgehead atoms. The first-order valence-electron chi connectivity index (χ1n) is 9.75. The van der Waals surface area contributed by atoms with E-state index in [1.807, 2.05) is 0 Å². The number of rotatable bonds is 7. The van der Waals surface area contributed by atoms with Crippen molar-refractivity contribution in [3.05, 3.63) is 35.9 Å². The lowest BCUT2D eigenvalue weighted by Crippen LogP contribution is -2.50. The first kappa shape index (κ1) is 18.4. The van der Waals surface area contributed by atoms with Crippen LogP contribution in [0.15, 0.2) is 30.3 Å². The summed E-state index contributed by atoms with van der Waals surface area (Å²) >= 11 is 0. The minimum Gasteiger partial charge on any atom is -0.384 e. The maximum Gasteiger partial charge on any atom is 0.228 e. The van der Waals surface area contributed by atoms with Crippen molar-refractivity contribution in [2.24, 2.45) is 11.3 Å². The molecule has 1 aliphatic heterocycles. The Labute approximate surface area is 151 Å². The number of ether oxygens (including phenoxy) is 1. The highest BCUT2D eigenvalue weighted by atomic mass is 16.5. The van der Waals surface area contributed by atoms with Crippen LogP contribution in [0.5, 0.6) is 0 Å². The maximum atomic E-state index is 12.6. The van der Waals surface area contributed by atoms with Crippen LogP contribution in [-0.2, 0) is 16.1 Å². The Balaban J connectivity index is 1.50. The second kappa shape index (κ2) is 8.81. The van der Waals surface area contributed by atoms with Crippen molar-refractivity contribution in [3.63, 3.8) is 0 Å². The van der Waals surface area contributed by atoms with Crippen LogP contribution in [0, 0.1) is 11.3 Å². The van der Waals surface area contributed by atoms with Crippen LogP contribution in [-0.4, -0.2) is 44.2 Å². The molecule has 0 aromatic heterocycles. The highest BCUT2D eigenvalue weighted by Gasteiger charge is 2.44. The van der Waals surface area contributed by atoms with Crippen molar-refractivity contribution in [1.29, 1.82) is 0 Å². The van der Waals surface area contributed by atoms with Gasteiger partial charge in [-0.3, -0.25) is 9.69 Å². The van der Waals surface area contributed by atoms with Gasteiger partial charge in [0.1, 0.15) is 0 Å². The van der Waals surface area contributed by atoms with E-state index in [0.717, 1.165) is 45.4 Å². The summed E-state index contributed by atoms with van der Waals surface area (Å²) in [7, 11) is 1.69. The number of hydrogen-bond acceptors (Lipinski definition) is 3. The Morgan fingerprint density at radius 1 is 1.24 bits per heavy atom. The summed E-state index contributed by atoms with van der Waals surface area (Å²) in [4.78, 5) is 15.2. The number of nitrogens with one attached hydrogen (secondary N) is 1. The Morgan fingerprint density at radius 3 is 2.72 bits per heavy atom. The molecular weight excluding hydrogens is 312 g/mol. The van der Waals surface area contributed by atoms with Gasteiger partial charge in [0, 0.05) is 26.7 Å². The average Bonchev–Trinajstić information content (AvgIpc) is 2.82. The van der Waals surface area contributed by atoms with Gasteiger partial charge >= 0.3 is 0 Å². The molecule has 4 heteroatoms. The van der Waals surface area contributed by atoms with Crippen LogP contribution in [0.2, 0.25) is 0 Å². The van der Waals surface area contributed by atoms with E-state index in [1.165, 1.54) is 24.8 Å². The first-order valence-corrected chi connectivity index (χ1v) is 9.75. The third-order valence-electron chi connectivity index (χ3n) is 5.87.